The SMILES string of the molecule is NCc1cc(N2CCc3sccc3C2)ccc1C(F)(F)F. The number of nitrogens with two attached hydrogens (primary N) is 1. The van der Waals surface area contributed by atoms with Gasteiger partial charge in [0, 0.05) is 30.2 Å². The third-order valence-corrected chi connectivity index (χ3v) is 4.81. The third kappa shape index (κ3) is 2.78. The Morgan fingerprint density at radius 2 is 2.05 bits per heavy atom. The smallest absolute Gasteiger partial charge is 0.367 e. The molecule has 2 aromatic rings. The van der Waals surface area contributed by atoms with Crippen LogP contribution in [0.2, 0.25) is 0 Å². The molecule has 0 saturated carbocycles. The highest BCUT2D eigenvalue weighted by molar-refractivity contribution is 7.10. The van der Waals surface area contributed by atoms with Crippen molar-refractivity contribution in [1.82, 2.24) is 0 Å². The number of rotatable bonds is 2. The van der Waals surface area contributed by atoms with Gasteiger partial charge >= 0.3 is 6.18 Å². The van der Waals surface area contributed by atoms with Crippen LogP contribution in [0.15, 0.2) is 29.6 Å². The summed E-state index contributed by atoms with van der Waals surface area (Å²) in [6.45, 7) is 1.46. The first-order chi connectivity index (χ1) is 9.99. The first-order valence-corrected chi connectivity index (χ1v) is 7.57. The van der Waals surface area contributed by atoms with Gasteiger partial charge in [-0.05, 0) is 47.2 Å². The molecule has 2 nitrogen and oxygen atoms in total. The maximum Gasteiger partial charge on any atom is 0.416 e. The standard InChI is InChI=1S/C15H15F3N2S/c16-15(17,18)13-2-1-12(7-11(13)8-19)20-5-3-14-10(9-20)4-6-21-14/h1-2,4,6-7H,3,5,8-9,19H2. The van der Waals surface area contributed by atoms with Crippen LogP contribution in [0, 0.1) is 0 Å². The molecule has 1 aromatic heterocycles. The normalized spacial score (nSPS) is 15.1. The zero-order valence-electron chi connectivity index (χ0n) is 11.3. The quantitative estimate of drug-likeness (QED) is 0.914. The van der Waals surface area contributed by atoms with Crippen molar-refractivity contribution in [2.45, 2.75) is 25.7 Å². The Morgan fingerprint density at radius 1 is 1.24 bits per heavy atom. The zero-order chi connectivity index (χ0) is 15.0. The molecule has 1 aliphatic rings. The van der Waals surface area contributed by atoms with Gasteiger partial charge in [0.25, 0.3) is 0 Å². The molecule has 0 aliphatic carbocycles. The lowest BCUT2D eigenvalue weighted by atomic mass is 10.0. The van der Waals surface area contributed by atoms with E-state index >= 15 is 0 Å². The largest absolute Gasteiger partial charge is 0.416 e. The Labute approximate surface area is 125 Å². The number of hydrogen-bond acceptors (Lipinski definition) is 3. The highest BCUT2D eigenvalue weighted by Crippen LogP contribution is 2.35. The fourth-order valence-electron chi connectivity index (χ4n) is 2.69. The predicted octanol–water partition coefficient (Wildman–Crippen LogP) is 3.79. The van der Waals surface area contributed by atoms with E-state index in [9.17, 15) is 13.2 Å². The average molecular weight is 312 g/mol. The molecule has 3 rings (SSSR count). The molecule has 1 aliphatic heterocycles. The zero-order valence-corrected chi connectivity index (χ0v) is 12.1. The second kappa shape index (κ2) is 5.35. The van der Waals surface area contributed by atoms with Crippen LogP contribution < -0.4 is 10.6 Å². The molecule has 0 amide bonds. The van der Waals surface area contributed by atoms with Crippen LogP contribution in [0.25, 0.3) is 0 Å². The number of benzene rings is 1. The minimum atomic E-state index is -4.35. The van der Waals surface area contributed by atoms with E-state index < -0.39 is 11.7 Å². The van der Waals surface area contributed by atoms with Crippen LogP contribution in [-0.2, 0) is 25.7 Å². The van der Waals surface area contributed by atoms with E-state index in [0.29, 0.717) is 0 Å². The van der Waals surface area contributed by atoms with Crippen LogP contribution in [0.1, 0.15) is 21.6 Å². The second-order valence-electron chi connectivity index (χ2n) is 5.08. The van der Waals surface area contributed by atoms with Gasteiger partial charge in [-0.3, -0.25) is 0 Å². The Hall–Kier alpha value is -1.53. The van der Waals surface area contributed by atoms with Crippen molar-refractivity contribution < 1.29 is 13.2 Å². The third-order valence-electron chi connectivity index (χ3n) is 3.79. The van der Waals surface area contributed by atoms with Crippen molar-refractivity contribution in [3.8, 4) is 0 Å². The van der Waals surface area contributed by atoms with Crippen molar-refractivity contribution in [1.29, 1.82) is 0 Å². The Kier molecular flexibility index (Phi) is 3.67. The van der Waals surface area contributed by atoms with E-state index in [1.165, 1.54) is 10.4 Å². The van der Waals surface area contributed by atoms with Gasteiger partial charge in [-0.25, -0.2) is 0 Å². The summed E-state index contributed by atoms with van der Waals surface area (Å²) in [6, 6.07) is 6.33. The molecule has 0 fully saturated rings. The summed E-state index contributed by atoms with van der Waals surface area (Å²) < 4.78 is 38.7. The fourth-order valence-corrected chi connectivity index (χ4v) is 3.58. The van der Waals surface area contributed by atoms with Gasteiger partial charge in [0.2, 0.25) is 0 Å². The van der Waals surface area contributed by atoms with E-state index in [1.807, 2.05) is 0 Å². The second-order valence-corrected chi connectivity index (χ2v) is 6.08. The minimum Gasteiger partial charge on any atom is -0.367 e. The van der Waals surface area contributed by atoms with Gasteiger partial charge < -0.3 is 10.6 Å². The molecule has 0 saturated heterocycles. The molecule has 6 heteroatoms. The van der Waals surface area contributed by atoms with E-state index in [2.05, 4.69) is 16.3 Å². The molecule has 0 spiro atoms. The Bertz CT molecular complexity index is 649. The van der Waals surface area contributed by atoms with Crippen molar-refractivity contribution >= 4 is 17.0 Å². The fraction of sp³-hybridized carbons (Fsp3) is 0.333. The van der Waals surface area contributed by atoms with Gasteiger partial charge in [0.15, 0.2) is 0 Å². The topological polar surface area (TPSA) is 29.3 Å². The van der Waals surface area contributed by atoms with Crippen LogP contribution in [0.4, 0.5) is 18.9 Å². The molecule has 2 N–H and O–H groups in total. The predicted molar refractivity (Wildman–Crippen MR) is 78.4 cm³/mol. The summed E-state index contributed by atoms with van der Waals surface area (Å²) >= 11 is 1.74. The van der Waals surface area contributed by atoms with Gasteiger partial charge in [-0.1, -0.05) is 0 Å². The molecule has 2 heterocycles. The number of hydrogen-bond donors (Lipinski definition) is 1. The number of nitrogens with zero attached hydrogens (tertiary/aromatic N) is 1. The molecular weight excluding hydrogens is 297 g/mol. The first-order valence-electron chi connectivity index (χ1n) is 6.69. The van der Waals surface area contributed by atoms with Crippen LogP contribution in [0.5, 0.6) is 0 Å². The molecule has 0 unspecified atom stereocenters. The molecule has 1 aromatic carbocycles. The summed E-state index contributed by atoms with van der Waals surface area (Å²) in [5.41, 5.74) is 7.07. The van der Waals surface area contributed by atoms with Crippen molar-refractivity contribution in [3.05, 3.63) is 51.2 Å². The van der Waals surface area contributed by atoms with E-state index in [1.54, 1.807) is 23.5 Å². The van der Waals surface area contributed by atoms with Gasteiger partial charge in [0.05, 0.1) is 5.56 Å². The number of anilines is 1. The summed E-state index contributed by atoms with van der Waals surface area (Å²) in [5.74, 6) is 0. The molecule has 21 heavy (non-hydrogen) atoms. The van der Waals surface area contributed by atoms with E-state index in [-0.39, 0.29) is 12.1 Å². The summed E-state index contributed by atoms with van der Waals surface area (Å²) in [7, 11) is 0. The van der Waals surface area contributed by atoms with Crippen LogP contribution in [-0.4, -0.2) is 6.54 Å². The Balaban J connectivity index is 1.90. The van der Waals surface area contributed by atoms with Crippen molar-refractivity contribution in [2.24, 2.45) is 5.73 Å². The van der Waals surface area contributed by atoms with Gasteiger partial charge in [-0.2, -0.15) is 13.2 Å². The monoisotopic (exact) mass is 312 g/mol. The number of thiophene rings is 1. The molecule has 0 radical (unpaired) electrons. The van der Waals surface area contributed by atoms with Crippen molar-refractivity contribution in [3.63, 3.8) is 0 Å². The maximum atomic E-state index is 12.9. The van der Waals surface area contributed by atoms with Crippen molar-refractivity contribution in [2.75, 3.05) is 11.4 Å². The first kappa shape index (κ1) is 14.4. The number of alkyl halides is 3. The number of halogens is 3. The van der Waals surface area contributed by atoms with E-state index in [0.717, 1.165) is 31.3 Å². The maximum absolute atomic E-state index is 12.9. The lowest BCUT2D eigenvalue weighted by Gasteiger charge is -2.30. The molecule has 112 valence electrons. The van der Waals surface area contributed by atoms with Crippen LogP contribution >= 0.6 is 11.3 Å². The minimum absolute atomic E-state index is 0.111. The van der Waals surface area contributed by atoms with Crippen LogP contribution in [0.3, 0.4) is 0 Å². The lowest BCUT2D eigenvalue weighted by Crippen LogP contribution is -2.29. The summed E-state index contributed by atoms with van der Waals surface area (Å²) in [4.78, 5) is 3.48. The average Bonchev–Trinajstić information content (AvgIpc) is 2.93. The Morgan fingerprint density at radius 3 is 2.76 bits per heavy atom. The van der Waals surface area contributed by atoms with Gasteiger partial charge in [-0.15, -0.1) is 11.3 Å². The van der Waals surface area contributed by atoms with E-state index in [4.69, 9.17) is 5.73 Å². The highest BCUT2D eigenvalue weighted by atomic mass is 32.1. The highest BCUT2D eigenvalue weighted by Gasteiger charge is 2.33. The molecular formula is C15H15F3N2S. The lowest BCUT2D eigenvalue weighted by molar-refractivity contribution is -0.138. The number of fused-ring (bicyclic) bond motifs is 1. The molecule has 0 bridgehead atoms. The van der Waals surface area contributed by atoms with Gasteiger partial charge in [0.1, 0.15) is 0 Å². The summed E-state index contributed by atoms with van der Waals surface area (Å²) in [6.07, 6.45) is -3.42. The summed E-state index contributed by atoms with van der Waals surface area (Å²) in [5, 5.41) is 2.06. The molecule has 0 atom stereocenters.